The van der Waals surface area contributed by atoms with Gasteiger partial charge in [0.05, 0.1) is 18.6 Å². The number of nitrogens with one attached hydrogen (secondary N) is 3. The van der Waals surface area contributed by atoms with Crippen molar-refractivity contribution in [1.82, 2.24) is 16.0 Å². The summed E-state index contributed by atoms with van der Waals surface area (Å²) >= 11 is 0. The van der Waals surface area contributed by atoms with E-state index in [1.165, 1.54) is 6.92 Å². The molecule has 0 bridgehead atoms. The molecule has 0 heterocycles. The van der Waals surface area contributed by atoms with Gasteiger partial charge >= 0.3 is 5.97 Å². The summed E-state index contributed by atoms with van der Waals surface area (Å²) in [6.45, 7) is 7.98. The highest BCUT2D eigenvalue weighted by Gasteiger charge is 2.35. The third kappa shape index (κ3) is 9.30. The molecule has 6 atom stereocenters. The number of carboxylic acid groups (broad SMARTS) is 1. The molecule has 0 radical (unpaired) electrons. The van der Waals surface area contributed by atoms with Gasteiger partial charge in [-0.25, -0.2) is 4.79 Å². The molecule has 0 saturated carbocycles. The number of nitrogens with two attached hydrogens (primary N) is 2. The van der Waals surface area contributed by atoms with Crippen LogP contribution in [0, 0.1) is 11.8 Å². The van der Waals surface area contributed by atoms with E-state index in [1.54, 1.807) is 27.7 Å². The minimum Gasteiger partial charge on any atom is -0.480 e. The quantitative estimate of drug-likeness (QED) is 0.165. The van der Waals surface area contributed by atoms with Crippen molar-refractivity contribution in [2.24, 2.45) is 23.3 Å². The Morgan fingerprint density at radius 2 is 1.29 bits per heavy atom. The van der Waals surface area contributed by atoms with Crippen LogP contribution >= 0.6 is 0 Å². The number of carboxylic acids is 1. The Balaban J connectivity index is 5.49. The lowest BCUT2D eigenvalue weighted by atomic mass is 9.96. The van der Waals surface area contributed by atoms with E-state index in [9.17, 15) is 34.2 Å². The molecule has 12 heteroatoms. The first-order valence-electron chi connectivity index (χ1n) is 10.1. The molecule has 12 nitrogen and oxygen atoms in total. The molecular formula is C19H35N5O7. The number of carbonyl (C=O) groups excluding carboxylic acids is 4. The van der Waals surface area contributed by atoms with Gasteiger partial charge < -0.3 is 37.6 Å². The van der Waals surface area contributed by atoms with Crippen LogP contribution in [0.5, 0.6) is 0 Å². The van der Waals surface area contributed by atoms with Gasteiger partial charge in [-0.15, -0.1) is 0 Å². The molecule has 0 saturated heterocycles. The van der Waals surface area contributed by atoms with Gasteiger partial charge in [0.2, 0.25) is 23.6 Å². The second-order valence-corrected chi connectivity index (χ2v) is 7.94. The highest BCUT2D eigenvalue weighted by atomic mass is 16.4. The van der Waals surface area contributed by atoms with E-state index in [0.29, 0.717) is 6.42 Å². The Labute approximate surface area is 181 Å². The van der Waals surface area contributed by atoms with Gasteiger partial charge in [-0.1, -0.05) is 34.1 Å². The van der Waals surface area contributed by atoms with Gasteiger partial charge in [0.25, 0.3) is 0 Å². The van der Waals surface area contributed by atoms with E-state index < -0.39 is 72.2 Å². The zero-order valence-electron chi connectivity index (χ0n) is 18.5. The number of aliphatic carboxylic acids is 1. The van der Waals surface area contributed by atoms with Crippen molar-refractivity contribution >= 4 is 29.6 Å². The SMILES string of the molecule is CCC(C)C(NC(=O)C(NC(=O)C(N)CC(N)=O)C(C)O)C(=O)NC(C(=O)O)C(C)C. The normalized spacial score (nSPS) is 16.9. The molecular weight excluding hydrogens is 410 g/mol. The highest BCUT2D eigenvalue weighted by molar-refractivity contribution is 5.95. The number of primary amides is 1. The Bertz CT molecular complexity index is 668. The van der Waals surface area contributed by atoms with E-state index in [4.69, 9.17) is 11.5 Å². The number of aliphatic hydroxyl groups excluding tert-OH is 1. The molecule has 0 aromatic rings. The van der Waals surface area contributed by atoms with E-state index in [-0.39, 0.29) is 5.92 Å². The van der Waals surface area contributed by atoms with Crippen molar-refractivity contribution in [2.75, 3.05) is 0 Å². The van der Waals surface area contributed by atoms with Crippen molar-refractivity contribution in [3.8, 4) is 0 Å². The summed E-state index contributed by atoms with van der Waals surface area (Å²) in [7, 11) is 0. The number of aliphatic hydroxyl groups is 1. The standard InChI is InChI=1S/C19H35N5O7/c1-6-9(4)14(17(28)22-13(8(2)3)19(30)31)23-18(29)15(10(5)25)24-16(27)11(20)7-12(21)26/h8-11,13-15,25H,6-7,20H2,1-5H3,(H2,21,26)(H,22,28)(H,23,29)(H,24,27)(H,30,31). The maximum atomic E-state index is 12.7. The lowest BCUT2D eigenvalue weighted by molar-refractivity contribution is -0.144. The summed E-state index contributed by atoms with van der Waals surface area (Å²) in [4.78, 5) is 59.9. The molecule has 178 valence electrons. The third-order valence-corrected chi connectivity index (χ3v) is 4.84. The zero-order valence-corrected chi connectivity index (χ0v) is 18.5. The smallest absolute Gasteiger partial charge is 0.326 e. The summed E-state index contributed by atoms with van der Waals surface area (Å²) in [5.41, 5.74) is 10.5. The van der Waals surface area contributed by atoms with Gasteiger partial charge in [-0.05, 0) is 18.8 Å². The van der Waals surface area contributed by atoms with E-state index in [2.05, 4.69) is 16.0 Å². The van der Waals surface area contributed by atoms with Crippen molar-refractivity contribution < 1.29 is 34.2 Å². The van der Waals surface area contributed by atoms with Crippen LogP contribution in [-0.4, -0.2) is 70.1 Å². The fourth-order valence-electron chi connectivity index (χ4n) is 2.68. The molecule has 0 aliphatic rings. The number of carbonyl (C=O) groups is 5. The molecule has 0 aromatic heterocycles. The third-order valence-electron chi connectivity index (χ3n) is 4.84. The molecule has 31 heavy (non-hydrogen) atoms. The second kappa shape index (κ2) is 12.8. The Kier molecular flexibility index (Phi) is 11.7. The van der Waals surface area contributed by atoms with Gasteiger partial charge in [0, 0.05) is 0 Å². The van der Waals surface area contributed by atoms with Crippen LogP contribution < -0.4 is 27.4 Å². The minimum atomic E-state index is -1.47. The van der Waals surface area contributed by atoms with Crippen molar-refractivity contribution in [3.05, 3.63) is 0 Å². The van der Waals surface area contributed by atoms with Crippen LogP contribution in [0.15, 0.2) is 0 Å². The van der Waals surface area contributed by atoms with Crippen LogP contribution in [0.4, 0.5) is 0 Å². The summed E-state index contributed by atoms with van der Waals surface area (Å²) < 4.78 is 0. The monoisotopic (exact) mass is 445 g/mol. The number of amides is 4. The highest BCUT2D eigenvalue weighted by Crippen LogP contribution is 2.11. The lowest BCUT2D eigenvalue weighted by Gasteiger charge is -2.29. The summed E-state index contributed by atoms with van der Waals surface area (Å²) in [6, 6.07) is -5.06. The predicted octanol–water partition coefficient (Wildman–Crippen LogP) is -2.19. The molecule has 9 N–H and O–H groups in total. The first kappa shape index (κ1) is 28.3. The Morgan fingerprint density at radius 3 is 1.68 bits per heavy atom. The molecule has 6 unspecified atom stereocenters. The second-order valence-electron chi connectivity index (χ2n) is 7.94. The summed E-state index contributed by atoms with van der Waals surface area (Å²) in [6.07, 6.45) is -1.33. The average Bonchev–Trinajstić information content (AvgIpc) is 2.65. The van der Waals surface area contributed by atoms with Gasteiger partial charge in [-0.3, -0.25) is 19.2 Å². The summed E-state index contributed by atoms with van der Waals surface area (Å²) in [5, 5.41) is 26.4. The van der Waals surface area contributed by atoms with Gasteiger partial charge in [0.1, 0.15) is 18.1 Å². The average molecular weight is 446 g/mol. The van der Waals surface area contributed by atoms with Crippen LogP contribution in [0.3, 0.4) is 0 Å². The molecule has 0 aliphatic heterocycles. The largest absolute Gasteiger partial charge is 0.480 e. The molecule has 0 spiro atoms. The molecule has 0 rings (SSSR count). The zero-order chi connectivity index (χ0) is 24.5. The lowest BCUT2D eigenvalue weighted by Crippen LogP contribution is -2.61. The first-order chi connectivity index (χ1) is 14.2. The van der Waals surface area contributed by atoms with E-state index >= 15 is 0 Å². The van der Waals surface area contributed by atoms with E-state index in [1.807, 2.05) is 0 Å². The molecule has 0 fully saturated rings. The molecule has 0 aromatic carbocycles. The molecule has 4 amide bonds. The maximum absolute atomic E-state index is 12.7. The fraction of sp³-hybridized carbons (Fsp3) is 0.737. The van der Waals surface area contributed by atoms with Crippen LogP contribution in [0.25, 0.3) is 0 Å². The predicted molar refractivity (Wildman–Crippen MR) is 111 cm³/mol. The van der Waals surface area contributed by atoms with Crippen LogP contribution in [0.2, 0.25) is 0 Å². The van der Waals surface area contributed by atoms with Crippen LogP contribution in [-0.2, 0) is 24.0 Å². The minimum absolute atomic E-state index is 0.381. The van der Waals surface area contributed by atoms with Crippen molar-refractivity contribution in [3.63, 3.8) is 0 Å². The topological polar surface area (TPSA) is 214 Å². The number of hydrogen-bond donors (Lipinski definition) is 7. The molecule has 0 aliphatic carbocycles. The van der Waals surface area contributed by atoms with Crippen LogP contribution in [0.1, 0.15) is 47.5 Å². The van der Waals surface area contributed by atoms with Crippen molar-refractivity contribution in [1.29, 1.82) is 0 Å². The number of rotatable bonds is 13. The van der Waals surface area contributed by atoms with Gasteiger partial charge in [0.15, 0.2) is 0 Å². The fourth-order valence-corrected chi connectivity index (χ4v) is 2.68. The first-order valence-corrected chi connectivity index (χ1v) is 10.1. The maximum Gasteiger partial charge on any atom is 0.326 e. The van der Waals surface area contributed by atoms with Crippen molar-refractivity contribution in [2.45, 2.75) is 77.7 Å². The Morgan fingerprint density at radius 1 is 0.839 bits per heavy atom. The summed E-state index contributed by atoms with van der Waals surface area (Å²) in [5.74, 6) is -5.26. The van der Waals surface area contributed by atoms with Gasteiger partial charge in [-0.2, -0.15) is 0 Å². The van der Waals surface area contributed by atoms with E-state index in [0.717, 1.165) is 0 Å². The Hall–Kier alpha value is -2.73. The number of hydrogen-bond acceptors (Lipinski definition) is 7.